The first-order valence-electron chi connectivity index (χ1n) is 4.27. The summed E-state index contributed by atoms with van der Waals surface area (Å²) in [7, 11) is 1.68. The Kier molecular flexibility index (Phi) is 2.19. The number of rotatable bonds is 2. The molecular weight excluding hydrogens is 182 g/mol. The second-order valence-corrected chi connectivity index (χ2v) is 3.88. The van der Waals surface area contributed by atoms with E-state index in [0.717, 1.165) is 17.7 Å². The third-order valence-electron chi connectivity index (χ3n) is 1.95. The summed E-state index contributed by atoms with van der Waals surface area (Å²) in [6.07, 6.45) is 0.989. The third-order valence-corrected chi connectivity index (χ3v) is 3.11. The summed E-state index contributed by atoms with van der Waals surface area (Å²) in [6.45, 7) is 2.12. The van der Waals surface area contributed by atoms with Crippen LogP contribution in [0.1, 0.15) is 11.9 Å². The fourth-order valence-corrected chi connectivity index (χ4v) is 2.21. The highest BCUT2D eigenvalue weighted by atomic mass is 32.1. The van der Waals surface area contributed by atoms with Crippen LogP contribution in [-0.2, 0) is 6.42 Å². The van der Waals surface area contributed by atoms with E-state index in [9.17, 15) is 0 Å². The number of nitrogens with zero attached hydrogens (tertiary/aromatic N) is 1. The van der Waals surface area contributed by atoms with Gasteiger partial charge in [0.2, 0.25) is 0 Å². The summed E-state index contributed by atoms with van der Waals surface area (Å²) in [4.78, 5) is 4.50. The molecule has 0 N–H and O–H groups in total. The highest BCUT2D eigenvalue weighted by molar-refractivity contribution is 7.18. The van der Waals surface area contributed by atoms with Crippen LogP contribution < -0.4 is 4.74 Å². The van der Waals surface area contributed by atoms with Gasteiger partial charge in [-0.05, 0) is 18.6 Å². The molecular formula is C10H11NOS. The molecule has 1 aromatic heterocycles. The van der Waals surface area contributed by atoms with Gasteiger partial charge in [0.15, 0.2) is 0 Å². The van der Waals surface area contributed by atoms with Gasteiger partial charge in [-0.3, -0.25) is 0 Å². The number of thiazole rings is 1. The number of aromatic nitrogens is 1. The minimum atomic E-state index is 0.869. The molecule has 0 amide bonds. The molecule has 1 aromatic carbocycles. The zero-order chi connectivity index (χ0) is 9.26. The first-order valence-corrected chi connectivity index (χ1v) is 5.09. The molecule has 0 saturated heterocycles. The molecule has 0 bridgehead atoms. The van der Waals surface area contributed by atoms with Gasteiger partial charge in [-0.1, -0.05) is 13.0 Å². The molecule has 0 aliphatic heterocycles. The van der Waals surface area contributed by atoms with Crippen molar-refractivity contribution in [3.63, 3.8) is 0 Å². The highest BCUT2D eigenvalue weighted by Crippen LogP contribution is 2.29. The van der Waals surface area contributed by atoms with Crippen molar-refractivity contribution in [1.29, 1.82) is 0 Å². The molecule has 0 saturated carbocycles. The van der Waals surface area contributed by atoms with E-state index in [-0.39, 0.29) is 0 Å². The maximum absolute atomic E-state index is 5.23. The van der Waals surface area contributed by atoms with Gasteiger partial charge in [-0.2, -0.15) is 0 Å². The first kappa shape index (κ1) is 8.51. The minimum absolute atomic E-state index is 0.869. The molecule has 13 heavy (non-hydrogen) atoms. The Hall–Kier alpha value is -1.09. The zero-order valence-corrected chi connectivity index (χ0v) is 8.52. The van der Waals surface area contributed by atoms with Gasteiger partial charge in [-0.25, -0.2) is 4.98 Å². The Balaban J connectivity index is 2.67. The van der Waals surface area contributed by atoms with Crippen molar-refractivity contribution in [3.8, 4) is 5.75 Å². The molecule has 0 aliphatic rings. The Bertz CT molecular complexity index is 422. The van der Waals surface area contributed by atoms with Gasteiger partial charge in [0, 0.05) is 0 Å². The Morgan fingerprint density at radius 3 is 3.00 bits per heavy atom. The lowest BCUT2D eigenvalue weighted by Crippen LogP contribution is -1.83. The van der Waals surface area contributed by atoms with Crippen LogP contribution in [-0.4, -0.2) is 12.1 Å². The fourth-order valence-electron chi connectivity index (χ4n) is 1.29. The Labute approximate surface area is 81.2 Å². The predicted molar refractivity (Wildman–Crippen MR) is 55.6 cm³/mol. The largest absolute Gasteiger partial charge is 0.494 e. The number of benzene rings is 1. The zero-order valence-electron chi connectivity index (χ0n) is 7.70. The van der Waals surface area contributed by atoms with Crippen molar-refractivity contribution in [2.24, 2.45) is 0 Å². The smallest absolute Gasteiger partial charge is 0.145 e. The SMILES string of the molecule is CCc1nc2c(OC)cccc2s1. The second-order valence-electron chi connectivity index (χ2n) is 2.77. The van der Waals surface area contributed by atoms with Crippen molar-refractivity contribution >= 4 is 21.6 Å². The third kappa shape index (κ3) is 1.40. The van der Waals surface area contributed by atoms with Crippen LogP contribution in [0.25, 0.3) is 10.2 Å². The molecule has 0 atom stereocenters. The Morgan fingerprint density at radius 1 is 1.46 bits per heavy atom. The summed E-state index contributed by atoms with van der Waals surface area (Å²) in [5, 5.41) is 1.17. The lowest BCUT2D eigenvalue weighted by Gasteiger charge is -1.97. The number of ether oxygens (including phenoxy) is 1. The van der Waals surface area contributed by atoms with Crippen molar-refractivity contribution < 1.29 is 4.74 Å². The number of aryl methyl sites for hydroxylation is 1. The number of fused-ring (bicyclic) bond motifs is 1. The highest BCUT2D eigenvalue weighted by Gasteiger charge is 2.06. The molecule has 0 fully saturated rings. The summed E-state index contributed by atoms with van der Waals surface area (Å²) < 4.78 is 6.43. The fraction of sp³-hybridized carbons (Fsp3) is 0.300. The lowest BCUT2D eigenvalue weighted by atomic mass is 10.3. The molecule has 2 rings (SSSR count). The average molecular weight is 193 g/mol. The van der Waals surface area contributed by atoms with Crippen molar-refractivity contribution in [2.75, 3.05) is 7.11 Å². The molecule has 0 aliphatic carbocycles. The molecule has 1 heterocycles. The molecule has 0 radical (unpaired) electrons. The van der Waals surface area contributed by atoms with Gasteiger partial charge in [0.1, 0.15) is 11.3 Å². The summed E-state index contributed by atoms with van der Waals surface area (Å²) in [5.74, 6) is 0.869. The van der Waals surface area contributed by atoms with Crippen LogP contribution in [0.4, 0.5) is 0 Å². The van der Waals surface area contributed by atoms with Gasteiger partial charge >= 0.3 is 0 Å². The topological polar surface area (TPSA) is 22.1 Å². The van der Waals surface area contributed by atoms with Gasteiger partial charge in [0.25, 0.3) is 0 Å². The maximum atomic E-state index is 5.23. The van der Waals surface area contributed by atoms with Crippen molar-refractivity contribution in [3.05, 3.63) is 23.2 Å². The van der Waals surface area contributed by atoms with Crippen LogP contribution in [0.2, 0.25) is 0 Å². The molecule has 0 spiro atoms. The van der Waals surface area contributed by atoms with E-state index in [1.165, 1.54) is 9.71 Å². The number of para-hydroxylation sites is 1. The average Bonchev–Trinajstić information content (AvgIpc) is 2.59. The molecule has 2 nitrogen and oxygen atoms in total. The predicted octanol–water partition coefficient (Wildman–Crippen LogP) is 2.87. The molecule has 2 aromatic rings. The Morgan fingerprint density at radius 2 is 2.31 bits per heavy atom. The monoisotopic (exact) mass is 193 g/mol. The normalized spacial score (nSPS) is 10.6. The summed E-state index contributed by atoms with van der Waals surface area (Å²) in [5.41, 5.74) is 0.992. The van der Waals surface area contributed by atoms with Crippen molar-refractivity contribution in [2.45, 2.75) is 13.3 Å². The summed E-state index contributed by atoms with van der Waals surface area (Å²) >= 11 is 1.74. The van der Waals surface area contributed by atoms with Crippen LogP contribution >= 0.6 is 11.3 Å². The first-order chi connectivity index (χ1) is 6.35. The van der Waals surface area contributed by atoms with E-state index in [2.05, 4.69) is 18.0 Å². The number of methoxy groups -OCH3 is 1. The van der Waals surface area contributed by atoms with E-state index < -0.39 is 0 Å². The number of hydrogen-bond donors (Lipinski definition) is 0. The van der Waals surface area contributed by atoms with Crippen LogP contribution in [0.5, 0.6) is 5.75 Å². The van der Waals surface area contributed by atoms with Crippen LogP contribution in [0.3, 0.4) is 0 Å². The van der Waals surface area contributed by atoms with Gasteiger partial charge in [0.05, 0.1) is 16.8 Å². The lowest BCUT2D eigenvalue weighted by molar-refractivity contribution is 0.419. The van der Waals surface area contributed by atoms with E-state index in [1.54, 1.807) is 18.4 Å². The molecule has 0 unspecified atom stereocenters. The van der Waals surface area contributed by atoms with Crippen LogP contribution in [0, 0.1) is 0 Å². The summed E-state index contributed by atoms with van der Waals surface area (Å²) in [6, 6.07) is 6.02. The molecule has 3 heteroatoms. The van der Waals surface area contributed by atoms with Gasteiger partial charge < -0.3 is 4.74 Å². The quantitative estimate of drug-likeness (QED) is 0.731. The van der Waals surface area contributed by atoms with Crippen LogP contribution in [0.15, 0.2) is 18.2 Å². The number of hydrogen-bond acceptors (Lipinski definition) is 3. The van der Waals surface area contributed by atoms with E-state index >= 15 is 0 Å². The second kappa shape index (κ2) is 3.34. The van der Waals surface area contributed by atoms with Crippen molar-refractivity contribution in [1.82, 2.24) is 4.98 Å². The minimum Gasteiger partial charge on any atom is -0.494 e. The maximum Gasteiger partial charge on any atom is 0.145 e. The van der Waals surface area contributed by atoms with E-state index in [4.69, 9.17) is 4.74 Å². The standard InChI is InChI=1S/C10H11NOS/c1-3-9-11-10-7(12-2)5-4-6-8(10)13-9/h4-6H,3H2,1-2H3. The van der Waals surface area contributed by atoms with Gasteiger partial charge in [-0.15, -0.1) is 11.3 Å². The molecule has 68 valence electrons. The van der Waals surface area contributed by atoms with E-state index in [1.807, 2.05) is 12.1 Å². The van der Waals surface area contributed by atoms with E-state index in [0.29, 0.717) is 0 Å².